The van der Waals surface area contributed by atoms with E-state index in [0.717, 1.165) is 6.42 Å². The average molecular weight is 334 g/mol. The minimum atomic E-state index is -0.399. The summed E-state index contributed by atoms with van der Waals surface area (Å²) < 4.78 is 5.23. The van der Waals surface area contributed by atoms with Gasteiger partial charge >= 0.3 is 5.97 Å². The zero-order valence-corrected chi connectivity index (χ0v) is 14.7. The third-order valence-corrected chi connectivity index (χ3v) is 4.38. The van der Waals surface area contributed by atoms with E-state index < -0.39 is 5.97 Å². The van der Waals surface area contributed by atoms with Gasteiger partial charge in [-0.15, -0.1) is 11.3 Å². The number of carbonyl (C=O) groups excluding carboxylic acids is 2. The van der Waals surface area contributed by atoms with Crippen molar-refractivity contribution in [1.29, 1.82) is 0 Å². The molecule has 2 aromatic rings. The number of amides is 1. The predicted molar refractivity (Wildman–Crippen MR) is 91.2 cm³/mol. The van der Waals surface area contributed by atoms with Crippen LogP contribution in [0.25, 0.3) is 0 Å². The van der Waals surface area contributed by atoms with Gasteiger partial charge in [-0.25, -0.2) is 4.79 Å². The molecular weight excluding hydrogens is 312 g/mol. The van der Waals surface area contributed by atoms with E-state index in [4.69, 9.17) is 4.74 Å². The number of aromatic amines is 1. The van der Waals surface area contributed by atoms with Crippen LogP contribution in [0.2, 0.25) is 0 Å². The number of carbonyl (C=O) groups is 2. The number of aryl methyl sites for hydroxylation is 1. The fourth-order valence-corrected chi connectivity index (χ4v) is 3.11. The molecule has 0 aliphatic rings. The van der Waals surface area contributed by atoms with E-state index in [-0.39, 0.29) is 12.0 Å². The van der Waals surface area contributed by atoms with Crippen molar-refractivity contribution >= 4 is 23.2 Å². The van der Waals surface area contributed by atoms with E-state index in [9.17, 15) is 9.59 Å². The van der Waals surface area contributed by atoms with Gasteiger partial charge in [0.05, 0.1) is 11.7 Å². The summed E-state index contributed by atoms with van der Waals surface area (Å²) in [5, 5.41) is 4.90. The highest BCUT2D eigenvalue weighted by Crippen LogP contribution is 2.19. The Labute approximate surface area is 140 Å². The van der Waals surface area contributed by atoms with Crippen LogP contribution in [0.3, 0.4) is 0 Å². The molecule has 0 saturated heterocycles. The van der Waals surface area contributed by atoms with Crippen LogP contribution in [0.4, 0.5) is 0 Å². The van der Waals surface area contributed by atoms with Crippen LogP contribution in [0.5, 0.6) is 0 Å². The van der Waals surface area contributed by atoms with Crippen molar-refractivity contribution in [3.8, 4) is 0 Å². The van der Waals surface area contributed by atoms with Crippen LogP contribution >= 0.6 is 11.3 Å². The zero-order chi connectivity index (χ0) is 17.0. The van der Waals surface area contributed by atoms with Gasteiger partial charge in [0.1, 0.15) is 5.69 Å². The molecule has 0 fully saturated rings. The van der Waals surface area contributed by atoms with Gasteiger partial charge in [0.2, 0.25) is 0 Å². The molecule has 5 nitrogen and oxygen atoms in total. The number of ether oxygens (including phenoxy) is 1. The minimum absolute atomic E-state index is 0.195. The number of nitrogens with one attached hydrogen (secondary N) is 2. The van der Waals surface area contributed by atoms with Gasteiger partial charge in [-0.2, -0.15) is 0 Å². The maximum Gasteiger partial charge on any atom is 0.340 e. The summed E-state index contributed by atoms with van der Waals surface area (Å²) >= 11 is 1.67. The number of thiophene rings is 1. The van der Waals surface area contributed by atoms with Crippen LogP contribution in [0, 0.1) is 13.8 Å². The van der Waals surface area contributed by atoms with Crippen LogP contribution < -0.4 is 5.32 Å². The molecule has 0 atom stereocenters. The van der Waals surface area contributed by atoms with Crippen molar-refractivity contribution in [2.24, 2.45) is 0 Å². The third-order valence-electron chi connectivity index (χ3n) is 3.45. The highest BCUT2D eigenvalue weighted by atomic mass is 32.1. The standard InChI is InChI=1S/C17H22N2O3S/c1-10(2)22-17(21)14-11(3)15(19-12(14)4)16(20)18-8-7-13-6-5-9-23-13/h5-6,9-10,19H,7-8H2,1-4H3,(H,18,20). The van der Waals surface area contributed by atoms with Crippen molar-refractivity contribution in [3.63, 3.8) is 0 Å². The van der Waals surface area contributed by atoms with Crippen LogP contribution in [-0.2, 0) is 11.2 Å². The molecule has 23 heavy (non-hydrogen) atoms. The van der Waals surface area contributed by atoms with Crippen LogP contribution in [0.15, 0.2) is 17.5 Å². The number of hydrogen-bond donors (Lipinski definition) is 2. The highest BCUT2D eigenvalue weighted by Gasteiger charge is 2.23. The number of hydrogen-bond acceptors (Lipinski definition) is 4. The molecule has 2 aromatic heterocycles. The van der Waals surface area contributed by atoms with E-state index in [1.54, 1.807) is 39.0 Å². The van der Waals surface area contributed by atoms with Crippen LogP contribution in [-0.4, -0.2) is 29.5 Å². The second kappa shape index (κ2) is 7.46. The molecule has 0 bridgehead atoms. The summed E-state index contributed by atoms with van der Waals surface area (Å²) in [6, 6.07) is 4.04. The molecule has 2 heterocycles. The van der Waals surface area contributed by atoms with Crippen molar-refractivity contribution in [2.45, 2.75) is 40.2 Å². The normalized spacial score (nSPS) is 10.8. The smallest absolute Gasteiger partial charge is 0.340 e. The summed E-state index contributed by atoms with van der Waals surface area (Å²) in [5.41, 5.74) is 2.14. The summed E-state index contributed by atoms with van der Waals surface area (Å²) in [6.07, 6.45) is 0.601. The monoisotopic (exact) mass is 334 g/mol. The molecule has 0 saturated carbocycles. The second-order valence-electron chi connectivity index (χ2n) is 5.66. The minimum Gasteiger partial charge on any atom is -0.459 e. The van der Waals surface area contributed by atoms with E-state index in [0.29, 0.717) is 29.1 Å². The summed E-state index contributed by atoms with van der Waals surface area (Å²) in [4.78, 5) is 28.7. The lowest BCUT2D eigenvalue weighted by atomic mass is 10.1. The van der Waals surface area contributed by atoms with Gasteiger partial charge in [-0.3, -0.25) is 4.79 Å². The Morgan fingerprint density at radius 2 is 2.09 bits per heavy atom. The lowest BCUT2D eigenvalue weighted by molar-refractivity contribution is 0.0376. The second-order valence-corrected chi connectivity index (χ2v) is 6.70. The first-order valence-corrected chi connectivity index (χ1v) is 8.48. The van der Waals surface area contributed by atoms with Gasteiger partial charge in [0.25, 0.3) is 5.91 Å². The van der Waals surface area contributed by atoms with Crippen molar-refractivity contribution in [2.75, 3.05) is 6.54 Å². The molecule has 2 rings (SSSR count). The molecule has 6 heteroatoms. The van der Waals surface area contributed by atoms with Gasteiger partial charge in [0.15, 0.2) is 0 Å². The lowest BCUT2D eigenvalue weighted by Crippen LogP contribution is -2.26. The number of H-pyrrole nitrogens is 1. The van der Waals surface area contributed by atoms with E-state index in [2.05, 4.69) is 10.3 Å². The fraction of sp³-hybridized carbons (Fsp3) is 0.412. The summed E-state index contributed by atoms with van der Waals surface area (Å²) in [5.74, 6) is -0.602. The summed E-state index contributed by atoms with van der Waals surface area (Å²) in [6.45, 7) is 7.68. The Balaban J connectivity index is 2.04. The number of rotatable bonds is 6. The molecule has 0 spiro atoms. The SMILES string of the molecule is Cc1[nH]c(C(=O)NCCc2cccs2)c(C)c1C(=O)OC(C)C. The molecule has 2 N–H and O–H groups in total. The first-order valence-electron chi connectivity index (χ1n) is 7.61. The van der Waals surface area contributed by atoms with Crippen molar-refractivity contribution in [3.05, 3.63) is 44.9 Å². The maximum absolute atomic E-state index is 12.3. The van der Waals surface area contributed by atoms with Crippen molar-refractivity contribution in [1.82, 2.24) is 10.3 Å². The Kier molecular flexibility index (Phi) is 5.60. The Hall–Kier alpha value is -2.08. The Morgan fingerprint density at radius 1 is 1.35 bits per heavy atom. The van der Waals surface area contributed by atoms with Crippen molar-refractivity contribution < 1.29 is 14.3 Å². The maximum atomic E-state index is 12.3. The quantitative estimate of drug-likeness (QED) is 0.797. The molecular formula is C17H22N2O3S. The lowest BCUT2D eigenvalue weighted by Gasteiger charge is -2.08. The van der Waals surface area contributed by atoms with E-state index in [1.165, 1.54) is 4.88 Å². The molecule has 0 aliphatic carbocycles. The average Bonchev–Trinajstić information content (AvgIpc) is 3.06. The predicted octanol–water partition coefficient (Wildman–Crippen LogP) is 3.23. The molecule has 0 radical (unpaired) electrons. The first kappa shape index (κ1) is 17.3. The van der Waals surface area contributed by atoms with Gasteiger partial charge in [0, 0.05) is 17.1 Å². The van der Waals surface area contributed by atoms with Crippen LogP contribution in [0.1, 0.15) is 50.8 Å². The molecule has 0 aromatic carbocycles. The highest BCUT2D eigenvalue weighted by molar-refractivity contribution is 7.09. The largest absolute Gasteiger partial charge is 0.459 e. The van der Waals surface area contributed by atoms with E-state index >= 15 is 0 Å². The Bertz CT molecular complexity index is 687. The molecule has 1 amide bonds. The molecule has 0 unspecified atom stereocenters. The third kappa shape index (κ3) is 4.22. The number of aromatic nitrogens is 1. The van der Waals surface area contributed by atoms with E-state index in [1.807, 2.05) is 17.5 Å². The van der Waals surface area contributed by atoms with Gasteiger partial charge < -0.3 is 15.0 Å². The molecule has 0 aliphatic heterocycles. The fourth-order valence-electron chi connectivity index (χ4n) is 2.40. The molecule has 124 valence electrons. The zero-order valence-electron chi connectivity index (χ0n) is 13.9. The Morgan fingerprint density at radius 3 is 2.70 bits per heavy atom. The number of esters is 1. The first-order chi connectivity index (χ1) is 10.9. The summed E-state index contributed by atoms with van der Waals surface area (Å²) in [7, 11) is 0. The van der Waals surface area contributed by atoms with Gasteiger partial charge in [-0.1, -0.05) is 6.07 Å². The topological polar surface area (TPSA) is 71.2 Å². The van der Waals surface area contributed by atoms with Gasteiger partial charge in [-0.05, 0) is 51.1 Å².